The summed E-state index contributed by atoms with van der Waals surface area (Å²) in [6.45, 7) is 1.99. The van der Waals surface area contributed by atoms with Crippen molar-refractivity contribution in [3.63, 3.8) is 0 Å². The number of ketones is 1. The summed E-state index contributed by atoms with van der Waals surface area (Å²) in [7, 11) is 0. The fraction of sp³-hybridized carbons (Fsp3) is 0.0556. The minimum absolute atomic E-state index is 0.153. The fourth-order valence-electron chi connectivity index (χ4n) is 2.32. The summed E-state index contributed by atoms with van der Waals surface area (Å²) in [5.41, 5.74) is 9.88. The molecule has 0 saturated heterocycles. The minimum atomic E-state index is -0.153. The summed E-state index contributed by atoms with van der Waals surface area (Å²) in [6.07, 6.45) is 3.58. The molecule has 0 amide bonds. The van der Waals surface area contributed by atoms with Gasteiger partial charge in [-0.15, -0.1) is 0 Å². The Balaban J connectivity index is 1.95. The molecule has 3 nitrogen and oxygen atoms in total. The number of rotatable bonds is 3. The standard InChI is InChI=1S/C18H16N2O/c1-12-6-8-13(9-7-12)18(21)16(19)10-14-11-20-17-5-3-2-4-15(14)17/h2-11,20H,19H2,1H3. The molecule has 0 aliphatic carbocycles. The number of allylic oxidation sites excluding steroid dienone is 1. The number of carbonyl (C=O) groups is 1. The van der Waals surface area contributed by atoms with E-state index in [9.17, 15) is 4.79 Å². The molecule has 1 aromatic heterocycles. The van der Waals surface area contributed by atoms with Crippen LogP contribution in [0.15, 0.2) is 60.4 Å². The van der Waals surface area contributed by atoms with Crippen LogP contribution in [0, 0.1) is 6.92 Å². The topological polar surface area (TPSA) is 58.9 Å². The Morgan fingerprint density at radius 2 is 1.81 bits per heavy atom. The van der Waals surface area contributed by atoms with Gasteiger partial charge in [0.25, 0.3) is 0 Å². The van der Waals surface area contributed by atoms with Crippen LogP contribution in [0.3, 0.4) is 0 Å². The molecule has 0 saturated carbocycles. The lowest BCUT2D eigenvalue weighted by atomic mass is 10.0. The third-order valence-electron chi connectivity index (χ3n) is 3.51. The van der Waals surface area contributed by atoms with E-state index in [0.717, 1.165) is 22.0 Å². The number of para-hydroxylation sites is 1. The van der Waals surface area contributed by atoms with E-state index in [2.05, 4.69) is 4.98 Å². The van der Waals surface area contributed by atoms with Crippen LogP contribution < -0.4 is 5.73 Å². The van der Waals surface area contributed by atoms with Crippen molar-refractivity contribution < 1.29 is 4.79 Å². The van der Waals surface area contributed by atoms with Crippen molar-refractivity contribution in [3.8, 4) is 0 Å². The summed E-state index contributed by atoms with van der Waals surface area (Å²) in [5, 5.41) is 1.05. The van der Waals surface area contributed by atoms with Crippen LogP contribution in [0.5, 0.6) is 0 Å². The lowest BCUT2D eigenvalue weighted by molar-refractivity contribution is 0.103. The minimum Gasteiger partial charge on any atom is -0.396 e. The predicted octanol–water partition coefficient (Wildman–Crippen LogP) is 3.66. The second kappa shape index (κ2) is 5.29. The molecule has 3 rings (SSSR count). The predicted molar refractivity (Wildman–Crippen MR) is 86.0 cm³/mol. The molecule has 0 unspecified atom stereocenters. The van der Waals surface area contributed by atoms with Gasteiger partial charge in [0.2, 0.25) is 5.78 Å². The molecule has 2 aromatic carbocycles. The van der Waals surface area contributed by atoms with Crippen molar-refractivity contribution >= 4 is 22.8 Å². The zero-order chi connectivity index (χ0) is 14.8. The number of aromatic nitrogens is 1. The van der Waals surface area contributed by atoms with E-state index in [0.29, 0.717) is 5.56 Å². The van der Waals surface area contributed by atoms with Crippen molar-refractivity contribution in [1.82, 2.24) is 4.98 Å². The average molecular weight is 276 g/mol. The third kappa shape index (κ3) is 2.58. The zero-order valence-electron chi connectivity index (χ0n) is 11.8. The van der Waals surface area contributed by atoms with E-state index < -0.39 is 0 Å². The van der Waals surface area contributed by atoms with E-state index in [4.69, 9.17) is 5.73 Å². The normalized spacial score (nSPS) is 11.8. The van der Waals surface area contributed by atoms with Gasteiger partial charge in [-0.3, -0.25) is 4.79 Å². The molecule has 3 N–H and O–H groups in total. The van der Waals surface area contributed by atoms with Crippen molar-refractivity contribution in [2.45, 2.75) is 6.92 Å². The summed E-state index contributed by atoms with van der Waals surface area (Å²) in [4.78, 5) is 15.5. The van der Waals surface area contributed by atoms with Gasteiger partial charge in [0.1, 0.15) is 0 Å². The quantitative estimate of drug-likeness (QED) is 0.566. The number of Topliss-reactive ketones (excluding diaryl/α,β-unsaturated/α-hetero) is 1. The molecule has 3 aromatic rings. The van der Waals surface area contributed by atoms with Crippen LogP contribution >= 0.6 is 0 Å². The van der Waals surface area contributed by atoms with Crippen LogP contribution in [-0.4, -0.2) is 10.8 Å². The van der Waals surface area contributed by atoms with Crippen LogP contribution in [0.2, 0.25) is 0 Å². The third-order valence-corrected chi connectivity index (χ3v) is 3.51. The van der Waals surface area contributed by atoms with Crippen LogP contribution in [0.4, 0.5) is 0 Å². The van der Waals surface area contributed by atoms with Crippen molar-refractivity contribution in [2.24, 2.45) is 5.73 Å². The highest BCUT2D eigenvalue weighted by atomic mass is 16.1. The molecule has 0 atom stereocenters. The highest BCUT2D eigenvalue weighted by Crippen LogP contribution is 2.20. The molecule has 1 heterocycles. The first kappa shape index (κ1) is 13.2. The smallest absolute Gasteiger partial charge is 0.208 e. The maximum absolute atomic E-state index is 12.3. The second-order valence-corrected chi connectivity index (χ2v) is 5.08. The van der Waals surface area contributed by atoms with Crippen LogP contribution in [0.25, 0.3) is 17.0 Å². The van der Waals surface area contributed by atoms with Crippen molar-refractivity contribution in [3.05, 3.63) is 77.1 Å². The Hall–Kier alpha value is -2.81. The van der Waals surface area contributed by atoms with Gasteiger partial charge in [-0.25, -0.2) is 0 Å². The van der Waals surface area contributed by atoms with E-state index in [1.165, 1.54) is 0 Å². The summed E-state index contributed by atoms with van der Waals surface area (Å²) < 4.78 is 0. The first-order chi connectivity index (χ1) is 10.1. The first-order valence-corrected chi connectivity index (χ1v) is 6.80. The molecule has 0 aliphatic rings. The van der Waals surface area contributed by atoms with Gasteiger partial charge in [-0.2, -0.15) is 0 Å². The SMILES string of the molecule is Cc1ccc(C(=O)C(N)=Cc2c[nH]c3ccccc23)cc1. The van der Waals surface area contributed by atoms with Gasteiger partial charge in [0, 0.05) is 28.2 Å². The summed E-state index contributed by atoms with van der Waals surface area (Å²) >= 11 is 0. The summed E-state index contributed by atoms with van der Waals surface area (Å²) in [6, 6.07) is 15.3. The highest BCUT2D eigenvalue weighted by molar-refractivity contribution is 6.11. The monoisotopic (exact) mass is 276 g/mol. The Kier molecular flexibility index (Phi) is 3.32. The second-order valence-electron chi connectivity index (χ2n) is 5.08. The van der Waals surface area contributed by atoms with E-state index >= 15 is 0 Å². The summed E-state index contributed by atoms with van der Waals surface area (Å²) in [5.74, 6) is -0.153. The lowest BCUT2D eigenvalue weighted by Crippen LogP contribution is -2.11. The van der Waals surface area contributed by atoms with Gasteiger partial charge in [-0.1, -0.05) is 48.0 Å². The maximum Gasteiger partial charge on any atom is 0.208 e. The molecule has 0 radical (unpaired) electrons. The number of carbonyl (C=O) groups excluding carboxylic acids is 1. The van der Waals surface area contributed by atoms with E-state index in [1.807, 2.05) is 49.5 Å². The Morgan fingerprint density at radius 1 is 1.10 bits per heavy atom. The highest BCUT2D eigenvalue weighted by Gasteiger charge is 2.10. The van der Waals surface area contributed by atoms with Crippen molar-refractivity contribution in [1.29, 1.82) is 0 Å². The largest absolute Gasteiger partial charge is 0.396 e. The number of aromatic amines is 1. The first-order valence-electron chi connectivity index (χ1n) is 6.80. The Bertz CT molecular complexity index is 826. The van der Waals surface area contributed by atoms with Crippen LogP contribution in [-0.2, 0) is 0 Å². The van der Waals surface area contributed by atoms with Gasteiger partial charge >= 0.3 is 0 Å². The zero-order valence-corrected chi connectivity index (χ0v) is 11.8. The van der Waals surface area contributed by atoms with Gasteiger partial charge < -0.3 is 10.7 Å². The molecule has 0 spiro atoms. The lowest BCUT2D eigenvalue weighted by Gasteiger charge is -2.02. The maximum atomic E-state index is 12.3. The van der Waals surface area contributed by atoms with E-state index in [1.54, 1.807) is 18.2 Å². The van der Waals surface area contributed by atoms with Crippen molar-refractivity contribution in [2.75, 3.05) is 0 Å². The number of benzene rings is 2. The molecular weight excluding hydrogens is 260 g/mol. The molecule has 0 aliphatic heterocycles. The molecule has 104 valence electrons. The number of aryl methyl sites for hydroxylation is 1. The molecule has 0 fully saturated rings. The van der Waals surface area contributed by atoms with Gasteiger partial charge in [-0.05, 0) is 19.1 Å². The Morgan fingerprint density at radius 3 is 2.57 bits per heavy atom. The van der Waals surface area contributed by atoms with E-state index in [-0.39, 0.29) is 11.5 Å². The molecular formula is C18H16N2O. The number of fused-ring (bicyclic) bond motifs is 1. The number of nitrogens with one attached hydrogen (secondary N) is 1. The number of H-pyrrole nitrogens is 1. The molecule has 3 heteroatoms. The van der Waals surface area contributed by atoms with Crippen LogP contribution in [0.1, 0.15) is 21.5 Å². The number of nitrogens with two attached hydrogens (primary N) is 1. The fourth-order valence-corrected chi connectivity index (χ4v) is 2.32. The average Bonchev–Trinajstić information content (AvgIpc) is 2.91. The molecule has 21 heavy (non-hydrogen) atoms. The van der Waals surface area contributed by atoms with Gasteiger partial charge in [0.15, 0.2) is 0 Å². The van der Waals surface area contributed by atoms with Gasteiger partial charge in [0.05, 0.1) is 5.70 Å². The molecule has 0 bridgehead atoms. The number of hydrogen-bond donors (Lipinski definition) is 2. The Labute approximate surface area is 123 Å². The number of hydrogen-bond acceptors (Lipinski definition) is 2.